The summed E-state index contributed by atoms with van der Waals surface area (Å²) in [5.74, 6) is 0. The van der Waals surface area contributed by atoms with E-state index in [0.29, 0.717) is 6.04 Å². The molecule has 1 aromatic heterocycles. The third kappa shape index (κ3) is 7.07. The summed E-state index contributed by atoms with van der Waals surface area (Å²) in [7, 11) is 0. The number of nitrogens with one attached hydrogen (secondary N) is 1. The van der Waals surface area contributed by atoms with E-state index < -0.39 is 0 Å². The SMILES string of the molecule is CCCCCCCCC(NCC)c1cncc(Br)c1. The maximum absolute atomic E-state index is 4.27. The highest BCUT2D eigenvalue weighted by Gasteiger charge is 2.10. The van der Waals surface area contributed by atoms with Crippen LogP contribution in [0.25, 0.3) is 0 Å². The lowest BCUT2D eigenvalue weighted by molar-refractivity contribution is 0.476. The van der Waals surface area contributed by atoms with E-state index in [1.54, 1.807) is 0 Å². The molecule has 1 atom stereocenters. The first kappa shape index (κ1) is 16.6. The van der Waals surface area contributed by atoms with Gasteiger partial charge in [-0.3, -0.25) is 4.98 Å². The second-order valence-corrected chi connectivity index (χ2v) is 6.02. The molecule has 0 saturated carbocycles. The molecule has 0 aliphatic carbocycles. The van der Waals surface area contributed by atoms with E-state index in [1.807, 2.05) is 12.4 Å². The van der Waals surface area contributed by atoms with Crippen molar-refractivity contribution < 1.29 is 0 Å². The number of halogens is 1. The van der Waals surface area contributed by atoms with Crippen LogP contribution in [0.4, 0.5) is 0 Å². The van der Waals surface area contributed by atoms with Crippen LogP contribution in [0.15, 0.2) is 22.9 Å². The molecule has 1 unspecified atom stereocenters. The zero-order valence-corrected chi connectivity index (χ0v) is 13.9. The van der Waals surface area contributed by atoms with Crippen LogP contribution in [0, 0.1) is 0 Å². The minimum absolute atomic E-state index is 0.446. The van der Waals surface area contributed by atoms with E-state index in [1.165, 1.54) is 50.5 Å². The molecular formula is C16H27BrN2. The van der Waals surface area contributed by atoms with E-state index in [4.69, 9.17) is 0 Å². The van der Waals surface area contributed by atoms with E-state index in [-0.39, 0.29) is 0 Å². The van der Waals surface area contributed by atoms with E-state index in [0.717, 1.165) is 11.0 Å². The van der Waals surface area contributed by atoms with Crippen LogP contribution in [0.1, 0.15) is 70.4 Å². The summed E-state index contributed by atoms with van der Waals surface area (Å²) >= 11 is 3.50. The third-order valence-electron chi connectivity index (χ3n) is 3.43. The standard InChI is InChI=1S/C16H27BrN2/c1-3-5-6-7-8-9-10-16(19-4-2)14-11-15(17)13-18-12-14/h11-13,16,19H,3-10H2,1-2H3. The van der Waals surface area contributed by atoms with Crippen molar-refractivity contribution in [2.75, 3.05) is 6.54 Å². The number of unbranched alkanes of at least 4 members (excludes halogenated alkanes) is 5. The van der Waals surface area contributed by atoms with Gasteiger partial charge in [0.05, 0.1) is 0 Å². The van der Waals surface area contributed by atoms with Crippen LogP contribution in [0.2, 0.25) is 0 Å². The Morgan fingerprint density at radius 1 is 1.11 bits per heavy atom. The molecule has 0 radical (unpaired) electrons. The molecule has 3 heteroatoms. The average Bonchev–Trinajstić information content (AvgIpc) is 2.41. The van der Waals surface area contributed by atoms with Crippen molar-refractivity contribution in [1.82, 2.24) is 10.3 Å². The first-order valence-electron chi connectivity index (χ1n) is 7.61. The molecule has 1 aromatic rings. The maximum Gasteiger partial charge on any atom is 0.0410 e. The summed E-state index contributed by atoms with van der Waals surface area (Å²) in [4.78, 5) is 4.27. The molecular weight excluding hydrogens is 300 g/mol. The van der Waals surface area contributed by atoms with Crippen LogP contribution in [0.3, 0.4) is 0 Å². The predicted molar refractivity (Wildman–Crippen MR) is 86.3 cm³/mol. The lowest BCUT2D eigenvalue weighted by atomic mass is 10.0. The van der Waals surface area contributed by atoms with E-state index in [9.17, 15) is 0 Å². The normalized spacial score (nSPS) is 12.6. The van der Waals surface area contributed by atoms with Gasteiger partial charge in [0.1, 0.15) is 0 Å². The number of pyridine rings is 1. The second kappa shape index (κ2) is 10.4. The summed E-state index contributed by atoms with van der Waals surface area (Å²) in [6.07, 6.45) is 13.2. The molecule has 0 saturated heterocycles. The molecule has 19 heavy (non-hydrogen) atoms. The molecule has 0 fully saturated rings. The topological polar surface area (TPSA) is 24.9 Å². The van der Waals surface area contributed by atoms with Crippen molar-refractivity contribution in [3.63, 3.8) is 0 Å². The van der Waals surface area contributed by atoms with Gasteiger partial charge in [-0.1, -0.05) is 52.4 Å². The highest BCUT2D eigenvalue weighted by atomic mass is 79.9. The van der Waals surface area contributed by atoms with Gasteiger partial charge in [-0.05, 0) is 40.5 Å². The van der Waals surface area contributed by atoms with Crippen LogP contribution in [0.5, 0.6) is 0 Å². The number of hydrogen-bond donors (Lipinski definition) is 1. The molecule has 0 aliphatic rings. The fourth-order valence-electron chi connectivity index (χ4n) is 2.38. The predicted octanol–water partition coefficient (Wildman–Crippen LogP) is 5.25. The van der Waals surface area contributed by atoms with Crippen molar-refractivity contribution in [3.8, 4) is 0 Å². The molecule has 0 amide bonds. The summed E-state index contributed by atoms with van der Waals surface area (Å²) < 4.78 is 1.07. The average molecular weight is 327 g/mol. The number of aromatic nitrogens is 1. The van der Waals surface area contributed by atoms with Gasteiger partial charge in [-0.2, -0.15) is 0 Å². The van der Waals surface area contributed by atoms with Crippen LogP contribution in [-0.4, -0.2) is 11.5 Å². The largest absolute Gasteiger partial charge is 0.310 e. The van der Waals surface area contributed by atoms with Crippen LogP contribution in [-0.2, 0) is 0 Å². The molecule has 1 N–H and O–H groups in total. The van der Waals surface area contributed by atoms with Gasteiger partial charge in [0.2, 0.25) is 0 Å². The molecule has 0 bridgehead atoms. The lowest BCUT2D eigenvalue weighted by Gasteiger charge is -2.18. The van der Waals surface area contributed by atoms with E-state index >= 15 is 0 Å². The third-order valence-corrected chi connectivity index (χ3v) is 3.86. The molecule has 1 rings (SSSR count). The lowest BCUT2D eigenvalue weighted by Crippen LogP contribution is -2.21. The Morgan fingerprint density at radius 2 is 1.84 bits per heavy atom. The van der Waals surface area contributed by atoms with Crippen molar-refractivity contribution in [2.24, 2.45) is 0 Å². The zero-order chi connectivity index (χ0) is 13.9. The zero-order valence-electron chi connectivity index (χ0n) is 12.3. The van der Waals surface area contributed by atoms with Gasteiger partial charge < -0.3 is 5.32 Å². The Labute approximate surface area is 126 Å². The van der Waals surface area contributed by atoms with Crippen LogP contribution >= 0.6 is 15.9 Å². The highest BCUT2D eigenvalue weighted by molar-refractivity contribution is 9.10. The number of nitrogens with zero attached hydrogens (tertiary/aromatic N) is 1. The Balaban J connectivity index is 2.36. The molecule has 2 nitrogen and oxygen atoms in total. The van der Waals surface area contributed by atoms with Gasteiger partial charge in [0, 0.05) is 22.9 Å². The fourth-order valence-corrected chi connectivity index (χ4v) is 2.76. The number of rotatable bonds is 10. The van der Waals surface area contributed by atoms with Crippen LogP contribution < -0.4 is 5.32 Å². The minimum Gasteiger partial charge on any atom is -0.310 e. The molecule has 108 valence electrons. The maximum atomic E-state index is 4.27. The highest BCUT2D eigenvalue weighted by Crippen LogP contribution is 2.22. The van der Waals surface area contributed by atoms with Gasteiger partial charge in [-0.25, -0.2) is 0 Å². The molecule has 0 spiro atoms. The summed E-state index contributed by atoms with van der Waals surface area (Å²) in [6, 6.07) is 2.62. The first-order valence-corrected chi connectivity index (χ1v) is 8.41. The quantitative estimate of drug-likeness (QED) is 0.594. The van der Waals surface area contributed by atoms with Crippen molar-refractivity contribution >= 4 is 15.9 Å². The Hall–Kier alpha value is -0.410. The van der Waals surface area contributed by atoms with E-state index in [2.05, 4.69) is 46.1 Å². The van der Waals surface area contributed by atoms with Gasteiger partial charge in [-0.15, -0.1) is 0 Å². The van der Waals surface area contributed by atoms with Crippen molar-refractivity contribution in [3.05, 3.63) is 28.5 Å². The second-order valence-electron chi connectivity index (χ2n) is 5.10. The first-order chi connectivity index (χ1) is 9.27. The summed E-state index contributed by atoms with van der Waals surface area (Å²) in [5, 5.41) is 3.57. The molecule has 1 heterocycles. The Bertz CT molecular complexity index is 341. The Morgan fingerprint density at radius 3 is 2.53 bits per heavy atom. The van der Waals surface area contributed by atoms with Crippen molar-refractivity contribution in [1.29, 1.82) is 0 Å². The van der Waals surface area contributed by atoms with Crippen molar-refractivity contribution in [2.45, 2.75) is 64.8 Å². The minimum atomic E-state index is 0.446. The molecule has 0 aromatic carbocycles. The Kier molecular flexibility index (Phi) is 9.10. The van der Waals surface area contributed by atoms with Gasteiger partial charge >= 0.3 is 0 Å². The smallest absolute Gasteiger partial charge is 0.0410 e. The fraction of sp³-hybridized carbons (Fsp3) is 0.688. The summed E-state index contributed by atoms with van der Waals surface area (Å²) in [5.41, 5.74) is 1.30. The summed E-state index contributed by atoms with van der Waals surface area (Å²) in [6.45, 7) is 5.44. The van der Waals surface area contributed by atoms with Gasteiger partial charge in [0.25, 0.3) is 0 Å². The number of hydrogen-bond acceptors (Lipinski definition) is 2. The van der Waals surface area contributed by atoms with Gasteiger partial charge in [0.15, 0.2) is 0 Å². The monoisotopic (exact) mass is 326 g/mol. The molecule has 0 aliphatic heterocycles.